The van der Waals surface area contributed by atoms with Gasteiger partial charge in [-0.1, -0.05) is 389 Å². The Bertz CT molecular complexity index is 2000. The van der Waals surface area contributed by atoms with Gasteiger partial charge in [0.1, 0.15) is 19.3 Å². The molecule has 0 aliphatic heterocycles. The molecule has 0 aromatic heterocycles. The molecule has 0 saturated carbocycles. The molecule has 0 aliphatic rings. The normalized spacial score (nSPS) is 14.4. The number of carbonyl (C=O) groups is 4. The predicted molar refractivity (Wildman–Crippen MR) is 423 cm³/mol. The average Bonchev–Trinajstić information content (AvgIpc) is 0.920. The number of phosphoric ester groups is 2. The van der Waals surface area contributed by atoms with Crippen LogP contribution in [0.25, 0.3) is 0 Å². The van der Waals surface area contributed by atoms with Crippen molar-refractivity contribution in [1.82, 2.24) is 0 Å². The molecular formula is C84H164O17P2. The summed E-state index contributed by atoms with van der Waals surface area (Å²) in [7, 11) is -9.92. The molecule has 17 nitrogen and oxygen atoms in total. The number of phosphoric acid groups is 2. The Hall–Kier alpha value is -1.94. The van der Waals surface area contributed by atoms with Crippen molar-refractivity contribution < 1.29 is 80.2 Å². The molecule has 0 spiro atoms. The minimum absolute atomic E-state index is 0.105. The van der Waals surface area contributed by atoms with E-state index in [0.29, 0.717) is 31.6 Å². The highest BCUT2D eigenvalue weighted by Gasteiger charge is 2.30. The van der Waals surface area contributed by atoms with E-state index in [2.05, 4.69) is 48.5 Å². The molecule has 19 heteroatoms. The van der Waals surface area contributed by atoms with E-state index in [0.717, 1.165) is 108 Å². The molecule has 0 rings (SSSR count). The van der Waals surface area contributed by atoms with E-state index < -0.39 is 97.5 Å². The number of aliphatic hydroxyl groups is 1. The number of unbranched alkanes of at least 4 members (excludes halogenated alkanes) is 48. The first-order chi connectivity index (χ1) is 49.8. The molecule has 0 aromatic carbocycles. The van der Waals surface area contributed by atoms with E-state index in [1.165, 1.54) is 244 Å². The van der Waals surface area contributed by atoms with Gasteiger partial charge in [0.05, 0.1) is 26.4 Å². The van der Waals surface area contributed by atoms with Crippen LogP contribution in [0.3, 0.4) is 0 Å². The molecule has 612 valence electrons. The summed E-state index contributed by atoms with van der Waals surface area (Å²) in [5, 5.41) is 10.7. The minimum Gasteiger partial charge on any atom is -0.462 e. The quantitative estimate of drug-likeness (QED) is 0.0222. The van der Waals surface area contributed by atoms with E-state index >= 15 is 0 Å². The summed E-state index contributed by atoms with van der Waals surface area (Å²) in [6.45, 7) is 11.9. The molecule has 0 amide bonds. The van der Waals surface area contributed by atoms with E-state index in [-0.39, 0.29) is 25.7 Å². The molecule has 0 fully saturated rings. The van der Waals surface area contributed by atoms with E-state index in [1.807, 2.05) is 0 Å². The topological polar surface area (TPSA) is 237 Å². The first-order valence-electron chi connectivity index (χ1n) is 43.4. The van der Waals surface area contributed by atoms with Gasteiger partial charge < -0.3 is 33.8 Å². The fourth-order valence-electron chi connectivity index (χ4n) is 13.0. The molecule has 0 aromatic rings. The standard InChI is InChI=1S/C84H164O17P2/c1-8-11-12-13-14-15-16-17-18-19-20-21-22-23-24-25-30-33-39-44-53-60-67-83(88)100-79(71-94-81(86)65-58-51-43-38-32-29-27-26-28-31-36-41-49-56-63-76(6)9-2)73-98-102(90,91)96-69-78(85)70-97-103(92,93)99-74-80(72-95-82(87)66-59-52-47-46-48-55-62-75(4)5)101-84(89)68-61-54-45-40-35-34-37-42-50-57-64-77(7)10-3/h75-80,85H,8-74H2,1-7H3,(H,90,91)(H,92,93)/t76?,77?,78-,79-,80-/m1/s1. The molecular weight excluding hydrogens is 1340 g/mol. The van der Waals surface area contributed by atoms with Crippen molar-refractivity contribution in [3.8, 4) is 0 Å². The third-order valence-corrected chi connectivity index (χ3v) is 22.3. The Morgan fingerprint density at radius 3 is 0.738 bits per heavy atom. The number of ether oxygens (including phenoxy) is 4. The Kier molecular flexibility index (Phi) is 72.8. The fourth-order valence-corrected chi connectivity index (χ4v) is 14.5. The summed E-state index contributed by atoms with van der Waals surface area (Å²) in [5.74, 6) is 0.221. The largest absolute Gasteiger partial charge is 0.472 e. The van der Waals surface area contributed by atoms with Crippen molar-refractivity contribution in [1.29, 1.82) is 0 Å². The van der Waals surface area contributed by atoms with Crippen molar-refractivity contribution in [3.63, 3.8) is 0 Å². The number of carbonyl (C=O) groups excluding carboxylic acids is 4. The molecule has 0 bridgehead atoms. The summed E-state index contributed by atoms with van der Waals surface area (Å²) in [4.78, 5) is 73.1. The maximum absolute atomic E-state index is 13.1. The summed E-state index contributed by atoms with van der Waals surface area (Å²) in [6.07, 6.45) is 64.0. The van der Waals surface area contributed by atoms with Gasteiger partial charge in [-0.05, 0) is 43.4 Å². The lowest BCUT2D eigenvalue weighted by Crippen LogP contribution is -2.30. The van der Waals surface area contributed by atoms with E-state index in [9.17, 15) is 43.2 Å². The number of hydrogen-bond donors (Lipinski definition) is 3. The molecule has 4 unspecified atom stereocenters. The Labute approximate surface area is 632 Å². The van der Waals surface area contributed by atoms with Crippen molar-refractivity contribution in [2.75, 3.05) is 39.6 Å². The van der Waals surface area contributed by atoms with Gasteiger partial charge in [0.2, 0.25) is 0 Å². The monoisotopic (exact) mass is 1510 g/mol. The smallest absolute Gasteiger partial charge is 0.462 e. The lowest BCUT2D eigenvalue weighted by Gasteiger charge is -2.21. The van der Waals surface area contributed by atoms with Crippen LogP contribution in [0.5, 0.6) is 0 Å². The zero-order chi connectivity index (χ0) is 75.8. The number of rotatable bonds is 82. The maximum atomic E-state index is 13.1. The molecule has 3 N–H and O–H groups in total. The SMILES string of the molecule is CCCCCCCCCCCCCCCCCCCCCCCCC(=O)O[C@H](COC(=O)CCCCCCCCCCCCCCCCC(C)CC)COP(=O)(O)OC[C@@H](O)COP(=O)(O)OC[C@@H](COC(=O)CCCCCCCCC(C)C)OC(=O)CCCCCCCCCCCCC(C)CC. The second-order valence-corrected chi connectivity index (χ2v) is 34.1. The number of hydrogen-bond acceptors (Lipinski definition) is 15. The molecule has 103 heavy (non-hydrogen) atoms. The second-order valence-electron chi connectivity index (χ2n) is 31.2. The summed E-state index contributed by atoms with van der Waals surface area (Å²) < 4.78 is 68.8. The van der Waals surface area contributed by atoms with Gasteiger partial charge in [-0.3, -0.25) is 37.3 Å². The highest BCUT2D eigenvalue weighted by atomic mass is 31.2. The summed E-state index contributed by atoms with van der Waals surface area (Å²) >= 11 is 0. The van der Waals surface area contributed by atoms with Crippen LogP contribution in [-0.2, 0) is 65.4 Å². The second kappa shape index (κ2) is 74.2. The highest BCUT2D eigenvalue weighted by molar-refractivity contribution is 7.47. The third kappa shape index (κ3) is 75.3. The summed E-state index contributed by atoms with van der Waals surface area (Å²) in [6, 6.07) is 0. The number of aliphatic hydroxyl groups excluding tert-OH is 1. The van der Waals surface area contributed by atoms with Crippen molar-refractivity contribution in [3.05, 3.63) is 0 Å². The van der Waals surface area contributed by atoms with Gasteiger partial charge in [-0.25, -0.2) is 9.13 Å². The highest BCUT2D eigenvalue weighted by Crippen LogP contribution is 2.45. The lowest BCUT2D eigenvalue weighted by atomic mass is 9.99. The Morgan fingerprint density at radius 2 is 0.495 bits per heavy atom. The van der Waals surface area contributed by atoms with Crippen LogP contribution in [0, 0.1) is 17.8 Å². The predicted octanol–water partition coefficient (Wildman–Crippen LogP) is 25.3. The van der Waals surface area contributed by atoms with Gasteiger partial charge in [0, 0.05) is 25.7 Å². The third-order valence-electron chi connectivity index (χ3n) is 20.4. The Morgan fingerprint density at radius 1 is 0.282 bits per heavy atom. The van der Waals surface area contributed by atoms with E-state index in [1.54, 1.807) is 0 Å². The first-order valence-corrected chi connectivity index (χ1v) is 46.4. The van der Waals surface area contributed by atoms with Gasteiger partial charge in [0.15, 0.2) is 12.2 Å². The Balaban J connectivity index is 5.21. The van der Waals surface area contributed by atoms with Crippen LogP contribution in [0.1, 0.15) is 440 Å². The minimum atomic E-state index is -4.96. The number of esters is 4. The molecule has 0 saturated heterocycles. The maximum Gasteiger partial charge on any atom is 0.472 e. The van der Waals surface area contributed by atoms with Crippen LogP contribution < -0.4 is 0 Å². The summed E-state index contributed by atoms with van der Waals surface area (Å²) in [5.41, 5.74) is 0. The van der Waals surface area contributed by atoms with Crippen LogP contribution in [0.15, 0.2) is 0 Å². The molecule has 0 aliphatic carbocycles. The molecule has 7 atom stereocenters. The van der Waals surface area contributed by atoms with Gasteiger partial charge in [-0.2, -0.15) is 0 Å². The van der Waals surface area contributed by atoms with Crippen LogP contribution in [-0.4, -0.2) is 96.7 Å². The zero-order valence-electron chi connectivity index (χ0n) is 67.8. The van der Waals surface area contributed by atoms with E-state index in [4.69, 9.17) is 37.0 Å². The molecule has 0 radical (unpaired) electrons. The van der Waals surface area contributed by atoms with Crippen LogP contribution in [0.2, 0.25) is 0 Å². The van der Waals surface area contributed by atoms with Crippen LogP contribution in [0.4, 0.5) is 0 Å². The van der Waals surface area contributed by atoms with Gasteiger partial charge in [0.25, 0.3) is 0 Å². The van der Waals surface area contributed by atoms with Crippen LogP contribution >= 0.6 is 15.6 Å². The van der Waals surface area contributed by atoms with Gasteiger partial charge in [-0.15, -0.1) is 0 Å². The first kappa shape index (κ1) is 101. The zero-order valence-corrected chi connectivity index (χ0v) is 69.6. The molecule has 0 heterocycles. The van der Waals surface area contributed by atoms with Gasteiger partial charge >= 0.3 is 39.5 Å². The average molecular weight is 1510 g/mol. The van der Waals surface area contributed by atoms with Crippen molar-refractivity contribution in [2.24, 2.45) is 17.8 Å². The van der Waals surface area contributed by atoms with Crippen molar-refractivity contribution >= 4 is 39.5 Å². The van der Waals surface area contributed by atoms with Crippen molar-refractivity contribution in [2.45, 2.75) is 458 Å². The fraction of sp³-hybridized carbons (Fsp3) is 0.952. The lowest BCUT2D eigenvalue weighted by molar-refractivity contribution is -0.161.